The van der Waals surface area contributed by atoms with Crippen molar-refractivity contribution < 1.29 is 5.11 Å². The molecule has 0 fully saturated rings. The second-order valence-corrected chi connectivity index (χ2v) is 6.56. The van der Waals surface area contributed by atoms with Gasteiger partial charge >= 0.3 is 0 Å². The molecule has 1 atom stereocenters. The van der Waals surface area contributed by atoms with E-state index in [1.165, 1.54) is 5.56 Å². The van der Waals surface area contributed by atoms with Crippen LogP contribution in [0.2, 0.25) is 0 Å². The molecule has 1 heterocycles. The van der Waals surface area contributed by atoms with E-state index in [0.717, 1.165) is 30.3 Å². The fourth-order valence-corrected chi connectivity index (χ4v) is 2.99. The molecule has 0 aliphatic heterocycles. The van der Waals surface area contributed by atoms with Gasteiger partial charge in [0.25, 0.3) is 0 Å². The van der Waals surface area contributed by atoms with E-state index < -0.39 is 5.60 Å². The van der Waals surface area contributed by atoms with Crippen molar-refractivity contribution in [3.05, 3.63) is 58.3 Å². The Morgan fingerprint density at radius 2 is 1.92 bits per heavy atom. The van der Waals surface area contributed by atoms with Crippen LogP contribution in [0.25, 0.3) is 0 Å². The Kier molecular flexibility index (Phi) is 9.31. The summed E-state index contributed by atoms with van der Waals surface area (Å²) in [4.78, 5) is 5.46. The zero-order valence-corrected chi connectivity index (χ0v) is 17.3. The van der Waals surface area contributed by atoms with Crippen molar-refractivity contribution in [2.75, 3.05) is 19.6 Å². The van der Waals surface area contributed by atoms with Crippen LogP contribution in [0.1, 0.15) is 24.3 Å². The summed E-state index contributed by atoms with van der Waals surface area (Å²) in [6.07, 6.45) is 0.937. The molecule has 0 aliphatic carbocycles. The van der Waals surface area contributed by atoms with Gasteiger partial charge < -0.3 is 15.7 Å². The lowest BCUT2D eigenvalue weighted by molar-refractivity contribution is 0.0711. The molecule has 0 saturated carbocycles. The summed E-state index contributed by atoms with van der Waals surface area (Å²) in [5.74, 6) is 0.736. The molecular weight excluding hydrogens is 433 g/mol. The Hall–Kier alpha value is -1.12. The zero-order chi connectivity index (χ0) is 16.5. The number of guanidine groups is 1. The SMILES string of the molecule is CCNC(=NCC(C)(O)c1cccs1)NCCc1ccccc1.I. The first kappa shape index (κ1) is 20.9. The molecule has 0 spiro atoms. The van der Waals surface area contributed by atoms with E-state index in [1.54, 1.807) is 18.3 Å². The fraction of sp³-hybridized carbons (Fsp3) is 0.389. The molecule has 0 aliphatic rings. The highest BCUT2D eigenvalue weighted by Gasteiger charge is 2.23. The molecule has 3 N–H and O–H groups in total. The minimum atomic E-state index is -0.935. The fourth-order valence-electron chi connectivity index (χ4n) is 2.21. The van der Waals surface area contributed by atoms with E-state index in [2.05, 4.69) is 27.8 Å². The number of halogens is 1. The van der Waals surface area contributed by atoms with Crippen molar-refractivity contribution in [1.29, 1.82) is 0 Å². The van der Waals surface area contributed by atoms with Crippen LogP contribution in [0.4, 0.5) is 0 Å². The highest BCUT2D eigenvalue weighted by Crippen LogP contribution is 2.25. The van der Waals surface area contributed by atoms with Crippen LogP contribution in [0, 0.1) is 0 Å². The molecule has 1 aromatic carbocycles. The molecule has 2 aromatic rings. The van der Waals surface area contributed by atoms with E-state index in [-0.39, 0.29) is 24.0 Å². The molecule has 6 heteroatoms. The molecule has 4 nitrogen and oxygen atoms in total. The molecule has 0 bridgehead atoms. The number of hydrogen-bond donors (Lipinski definition) is 3. The monoisotopic (exact) mass is 459 g/mol. The number of thiophene rings is 1. The summed E-state index contributed by atoms with van der Waals surface area (Å²) in [6, 6.07) is 14.2. The Bertz CT molecular complexity index is 600. The number of aliphatic hydroxyl groups is 1. The molecule has 0 saturated heterocycles. The van der Waals surface area contributed by atoms with E-state index in [1.807, 2.05) is 42.6 Å². The Morgan fingerprint density at radius 1 is 1.17 bits per heavy atom. The minimum absolute atomic E-state index is 0. The molecule has 1 unspecified atom stereocenters. The molecule has 2 rings (SSSR count). The standard InChI is InChI=1S/C18H25N3OS.HI/c1-3-19-17(20-12-11-15-8-5-4-6-9-15)21-14-18(2,22)16-10-7-13-23-16;/h4-10,13,22H,3,11-12,14H2,1-2H3,(H2,19,20,21);1H. The van der Waals surface area contributed by atoms with Gasteiger partial charge in [0, 0.05) is 18.0 Å². The summed E-state index contributed by atoms with van der Waals surface area (Å²) < 4.78 is 0. The summed E-state index contributed by atoms with van der Waals surface area (Å²) in [6.45, 7) is 5.76. The molecule has 24 heavy (non-hydrogen) atoms. The van der Waals surface area contributed by atoms with E-state index in [4.69, 9.17) is 0 Å². The number of nitrogens with one attached hydrogen (secondary N) is 2. The lowest BCUT2D eigenvalue weighted by Crippen LogP contribution is -2.39. The van der Waals surface area contributed by atoms with E-state index in [9.17, 15) is 5.11 Å². The van der Waals surface area contributed by atoms with Crippen LogP contribution in [0.5, 0.6) is 0 Å². The Labute approximate surface area is 165 Å². The van der Waals surface area contributed by atoms with Gasteiger partial charge in [0.1, 0.15) is 5.60 Å². The Morgan fingerprint density at radius 3 is 2.54 bits per heavy atom. The number of hydrogen-bond acceptors (Lipinski definition) is 3. The van der Waals surface area contributed by atoms with Gasteiger partial charge in [-0.2, -0.15) is 0 Å². The maximum Gasteiger partial charge on any atom is 0.191 e. The number of rotatable bonds is 7. The maximum absolute atomic E-state index is 10.5. The number of aliphatic imine (C=N–C) groups is 1. The number of nitrogens with zero attached hydrogens (tertiary/aromatic N) is 1. The third-order valence-corrected chi connectivity index (χ3v) is 4.61. The second-order valence-electron chi connectivity index (χ2n) is 5.61. The van der Waals surface area contributed by atoms with E-state index in [0.29, 0.717) is 6.54 Å². The molecule has 0 amide bonds. The molecule has 1 aromatic heterocycles. The zero-order valence-electron chi connectivity index (χ0n) is 14.2. The lowest BCUT2D eigenvalue weighted by atomic mass is 10.1. The van der Waals surface area contributed by atoms with E-state index >= 15 is 0 Å². The normalized spacial score (nSPS) is 13.7. The topological polar surface area (TPSA) is 56.7 Å². The van der Waals surface area contributed by atoms with Crippen LogP contribution < -0.4 is 10.6 Å². The summed E-state index contributed by atoms with van der Waals surface area (Å²) in [7, 11) is 0. The first-order valence-corrected chi connectivity index (χ1v) is 8.82. The summed E-state index contributed by atoms with van der Waals surface area (Å²) in [5, 5.41) is 19.0. The maximum atomic E-state index is 10.5. The predicted octanol–water partition coefficient (Wildman–Crippen LogP) is 3.37. The van der Waals surface area contributed by atoms with Crippen molar-refractivity contribution in [3.8, 4) is 0 Å². The van der Waals surface area contributed by atoms with Crippen molar-refractivity contribution >= 4 is 41.3 Å². The van der Waals surface area contributed by atoms with Gasteiger partial charge in [-0.15, -0.1) is 35.3 Å². The molecule has 0 radical (unpaired) electrons. The van der Waals surface area contributed by atoms with Crippen LogP contribution in [0.15, 0.2) is 52.8 Å². The largest absolute Gasteiger partial charge is 0.383 e. The van der Waals surface area contributed by atoms with Crippen molar-refractivity contribution in [3.63, 3.8) is 0 Å². The third kappa shape index (κ3) is 6.78. The highest BCUT2D eigenvalue weighted by atomic mass is 127. The molecule has 132 valence electrons. The van der Waals surface area contributed by atoms with Crippen LogP contribution in [-0.2, 0) is 12.0 Å². The minimum Gasteiger partial charge on any atom is -0.383 e. The van der Waals surface area contributed by atoms with Gasteiger partial charge in [0.2, 0.25) is 0 Å². The third-order valence-electron chi connectivity index (χ3n) is 3.49. The average molecular weight is 459 g/mol. The first-order valence-electron chi connectivity index (χ1n) is 7.94. The molecular formula is C18H26IN3OS. The smallest absolute Gasteiger partial charge is 0.191 e. The van der Waals surface area contributed by atoms with Crippen LogP contribution in [-0.4, -0.2) is 30.7 Å². The first-order chi connectivity index (χ1) is 11.1. The van der Waals surface area contributed by atoms with Crippen LogP contribution >= 0.6 is 35.3 Å². The van der Waals surface area contributed by atoms with Gasteiger partial charge in [-0.3, -0.25) is 0 Å². The van der Waals surface area contributed by atoms with Gasteiger partial charge in [0.05, 0.1) is 6.54 Å². The predicted molar refractivity (Wildman–Crippen MR) is 113 cm³/mol. The van der Waals surface area contributed by atoms with Gasteiger partial charge in [-0.1, -0.05) is 36.4 Å². The second kappa shape index (κ2) is 10.7. The number of benzene rings is 1. The quantitative estimate of drug-likeness (QED) is 0.338. The lowest BCUT2D eigenvalue weighted by Gasteiger charge is -2.20. The van der Waals surface area contributed by atoms with Gasteiger partial charge in [-0.25, -0.2) is 4.99 Å². The average Bonchev–Trinajstić information content (AvgIpc) is 3.09. The summed E-state index contributed by atoms with van der Waals surface area (Å²) >= 11 is 1.55. The Balaban J connectivity index is 0.00000288. The van der Waals surface area contributed by atoms with Crippen molar-refractivity contribution in [2.45, 2.75) is 25.9 Å². The van der Waals surface area contributed by atoms with Crippen molar-refractivity contribution in [2.24, 2.45) is 4.99 Å². The highest BCUT2D eigenvalue weighted by molar-refractivity contribution is 14.0. The summed E-state index contributed by atoms with van der Waals surface area (Å²) in [5.41, 5.74) is 0.358. The van der Waals surface area contributed by atoms with Gasteiger partial charge in [-0.05, 0) is 37.3 Å². The van der Waals surface area contributed by atoms with Crippen LogP contribution in [0.3, 0.4) is 0 Å². The van der Waals surface area contributed by atoms with Crippen molar-refractivity contribution in [1.82, 2.24) is 10.6 Å². The van der Waals surface area contributed by atoms with Gasteiger partial charge in [0.15, 0.2) is 5.96 Å².